The zero-order valence-corrected chi connectivity index (χ0v) is 32.9. The molecule has 3 aliphatic rings. The number of sulfonamides is 1. The second kappa shape index (κ2) is 15.7. The van der Waals surface area contributed by atoms with E-state index >= 15 is 0 Å². The van der Waals surface area contributed by atoms with Gasteiger partial charge in [-0.25, -0.2) is 13.1 Å². The molecule has 11 heteroatoms. The van der Waals surface area contributed by atoms with Crippen molar-refractivity contribution in [3.8, 4) is 5.75 Å². The lowest BCUT2D eigenvalue weighted by molar-refractivity contribution is -0.142. The molecule has 9 nitrogen and oxygen atoms in total. The van der Waals surface area contributed by atoms with Gasteiger partial charge in [0, 0.05) is 23.5 Å². The first-order valence-electron chi connectivity index (χ1n) is 18.1. The van der Waals surface area contributed by atoms with Crippen molar-refractivity contribution in [2.24, 2.45) is 11.8 Å². The minimum absolute atomic E-state index is 0.0364. The van der Waals surface area contributed by atoms with E-state index in [0.717, 1.165) is 32.1 Å². The Morgan fingerprint density at radius 2 is 1.77 bits per heavy atom. The van der Waals surface area contributed by atoms with Crippen LogP contribution in [0.5, 0.6) is 5.75 Å². The van der Waals surface area contributed by atoms with Crippen molar-refractivity contribution >= 4 is 33.2 Å². The van der Waals surface area contributed by atoms with Gasteiger partial charge in [-0.2, -0.15) is 0 Å². The van der Waals surface area contributed by atoms with Crippen LogP contribution in [0.3, 0.4) is 0 Å². The minimum atomic E-state index is -4.26. The predicted molar refractivity (Wildman–Crippen MR) is 207 cm³/mol. The van der Waals surface area contributed by atoms with Gasteiger partial charge in [0.05, 0.1) is 48.2 Å². The van der Waals surface area contributed by atoms with Gasteiger partial charge >= 0.3 is 0 Å². The standard InChI is InChI=1S/C41H55ClN2O7S/c1-9-21-49-38(4,5)27-51-40(8,11-3)33-17-14-30(33)25-44-26-41(20-12-13-29-23-31(42)15-18-34(29)41)28-48-36-19-16-32(24-35(36)44)52(46,47)43-37(45)39(6,7)50-22-10-2/h9-11,15-16,18-19,23-24,30,33H,1-3,12-14,17,20-22,25-28H2,4-8H3,(H,43,45)/t30-,33+,40-,41-/m0/s1. The van der Waals surface area contributed by atoms with E-state index in [2.05, 4.69) is 48.4 Å². The molecule has 2 aliphatic carbocycles. The topological polar surface area (TPSA) is 103 Å². The Morgan fingerprint density at radius 1 is 1.04 bits per heavy atom. The smallest absolute Gasteiger partial charge is 0.265 e. The van der Waals surface area contributed by atoms with Crippen molar-refractivity contribution in [2.45, 2.75) is 93.8 Å². The molecule has 0 unspecified atom stereocenters. The van der Waals surface area contributed by atoms with Crippen LogP contribution >= 0.6 is 11.6 Å². The second-order valence-electron chi connectivity index (χ2n) is 15.8. The highest BCUT2D eigenvalue weighted by Gasteiger charge is 2.48. The van der Waals surface area contributed by atoms with Crippen molar-refractivity contribution in [2.75, 3.05) is 44.4 Å². The Bertz CT molecular complexity index is 1780. The van der Waals surface area contributed by atoms with Crippen molar-refractivity contribution in [3.05, 3.63) is 90.5 Å². The fraction of sp³-hybridized carbons (Fsp3) is 0.537. The van der Waals surface area contributed by atoms with Crippen LogP contribution in [-0.2, 0) is 40.9 Å². The molecule has 0 bridgehead atoms. The number of aryl methyl sites for hydroxylation is 1. The number of benzene rings is 2. The number of rotatable bonds is 16. The molecule has 1 fully saturated rings. The quantitative estimate of drug-likeness (QED) is 0.175. The third-order valence-corrected chi connectivity index (χ3v) is 12.6. The van der Waals surface area contributed by atoms with Crippen LogP contribution in [0.15, 0.2) is 79.3 Å². The van der Waals surface area contributed by atoms with Crippen molar-refractivity contribution in [3.63, 3.8) is 0 Å². The summed E-state index contributed by atoms with van der Waals surface area (Å²) in [6, 6.07) is 10.9. The number of nitrogens with one attached hydrogen (secondary N) is 1. The largest absolute Gasteiger partial charge is 0.490 e. The van der Waals surface area contributed by atoms with E-state index in [0.29, 0.717) is 49.4 Å². The maximum Gasteiger partial charge on any atom is 0.265 e. The highest BCUT2D eigenvalue weighted by atomic mass is 35.5. The Hall–Kier alpha value is -3.15. The fourth-order valence-electron chi connectivity index (χ4n) is 7.70. The molecule has 1 heterocycles. The van der Waals surface area contributed by atoms with Crippen molar-refractivity contribution in [1.82, 2.24) is 4.72 Å². The van der Waals surface area contributed by atoms with Crippen molar-refractivity contribution in [1.29, 1.82) is 0 Å². The number of hydrogen-bond donors (Lipinski definition) is 1. The van der Waals surface area contributed by atoms with E-state index in [1.807, 2.05) is 26.0 Å². The number of carbonyl (C=O) groups is 1. The number of ether oxygens (including phenoxy) is 4. The van der Waals surface area contributed by atoms with Gasteiger partial charge in [-0.15, -0.1) is 19.7 Å². The summed E-state index contributed by atoms with van der Waals surface area (Å²) >= 11 is 6.46. The van der Waals surface area contributed by atoms with Crippen LogP contribution in [0.2, 0.25) is 5.02 Å². The first-order valence-corrected chi connectivity index (χ1v) is 20.0. The maximum atomic E-state index is 13.7. The first-order chi connectivity index (χ1) is 24.5. The lowest BCUT2D eigenvalue weighted by atomic mass is 9.64. The van der Waals surface area contributed by atoms with E-state index in [9.17, 15) is 13.2 Å². The summed E-state index contributed by atoms with van der Waals surface area (Å²) in [6.07, 6.45) is 9.92. The van der Waals surface area contributed by atoms with Crippen molar-refractivity contribution < 1.29 is 32.2 Å². The summed E-state index contributed by atoms with van der Waals surface area (Å²) < 4.78 is 54.4. The number of nitrogens with zero attached hydrogens (tertiary/aromatic N) is 1. The molecule has 0 saturated heterocycles. The number of fused-ring (bicyclic) bond motifs is 3. The van der Waals surface area contributed by atoms with Gasteiger partial charge in [-0.1, -0.05) is 35.9 Å². The van der Waals surface area contributed by atoms with Crippen LogP contribution in [-0.4, -0.2) is 70.6 Å². The lowest BCUT2D eigenvalue weighted by Crippen LogP contribution is -2.53. The van der Waals surface area contributed by atoms with Gasteiger partial charge < -0.3 is 23.8 Å². The Labute approximate surface area is 315 Å². The summed E-state index contributed by atoms with van der Waals surface area (Å²) in [6.45, 7) is 23.3. The summed E-state index contributed by atoms with van der Waals surface area (Å²) in [5.41, 5.74) is 0.252. The molecular formula is C41H55ClN2O7S. The molecule has 5 rings (SSSR count). The third-order valence-electron chi connectivity index (χ3n) is 11.0. The summed E-state index contributed by atoms with van der Waals surface area (Å²) in [4.78, 5) is 15.4. The molecular weight excluding hydrogens is 700 g/mol. The molecule has 2 aromatic rings. The van der Waals surface area contributed by atoms with E-state index < -0.39 is 32.7 Å². The molecule has 52 heavy (non-hydrogen) atoms. The zero-order valence-electron chi connectivity index (χ0n) is 31.3. The highest BCUT2D eigenvalue weighted by molar-refractivity contribution is 7.90. The molecule has 1 aliphatic heterocycles. The molecule has 1 amide bonds. The van der Waals surface area contributed by atoms with Gasteiger partial charge in [0.15, 0.2) is 0 Å². The molecule has 0 radical (unpaired) electrons. The average molecular weight is 755 g/mol. The fourth-order valence-corrected chi connectivity index (χ4v) is 9.01. The first kappa shape index (κ1) is 40.0. The summed E-state index contributed by atoms with van der Waals surface area (Å²) in [5, 5.41) is 0.708. The molecule has 1 N–H and O–H groups in total. The SMILES string of the molecule is C=CCOC(C)(C)CO[C@@](C)(C=C)[C@@H]1CC[C@H]1CN1C[C@@]2(CCCc3cc(Cl)ccc32)COc2ccc(S(=O)(=O)NC(=O)C(C)(C)OCC=C)cc21. The van der Waals surface area contributed by atoms with Crippen LogP contribution in [0.25, 0.3) is 0 Å². The second-order valence-corrected chi connectivity index (χ2v) is 17.9. The number of carbonyl (C=O) groups excluding carboxylic acids is 1. The normalized spacial score (nSPS) is 22.8. The Kier molecular flexibility index (Phi) is 12.1. The highest BCUT2D eigenvalue weighted by Crippen LogP contribution is 2.49. The zero-order chi connectivity index (χ0) is 38.0. The van der Waals surface area contributed by atoms with Crippen LogP contribution in [0.1, 0.15) is 71.4 Å². The molecule has 4 atom stereocenters. The Morgan fingerprint density at radius 3 is 2.44 bits per heavy atom. The van der Waals surface area contributed by atoms with Crippen LogP contribution < -0.4 is 14.4 Å². The van der Waals surface area contributed by atoms with Crippen LogP contribution in [0.4, 0.5) is 5.69 Å². The average Bonchev–Trinajstić information content (AvgIpc) is 3.24. The molecule has 1 saturated carbocycles. The Balaban J connectivity index is 1.49. The predicted octanol–water partition coefficient (Wildman–Crippen LogP) is 7.57. The van der Waals surface area contributed by atoms with Gasteiger partial charge in [0.2, 0.25) is 0 Å². The summed E-state index contributed by atoms with van der Waals surface area (Å²) in [7, 11) is -4.26. The third kappa shape index (κ3) is 8.63. The van der Waals surface area contributed by atoms with Crippen LogP contribution in [0, 0.1) is 11.8 Å². The summed E-state index contributed by atoms with van der Waals surface area (Å²) in [5.74, 6) is 0.218. The maximum absolute atomic E-state index is 13.7. The molecule has 0 aromatic heterocycles. The van der Waals surface area contributed by atoms with E-state index in [-0.39, 0.29) is 28.8 Å². The van der Waals surface area contributed by atoms with E-state index in [1.54, 1.807) is 18.2 Å². The van der Waals surface area contributed by atoms with E-state index in [1.165, 1.54) is 37.1 Å². The van der Waals surface area contributed by atoms with Gasteiger partial charge in [0.25, 0.3) is 15.9 Å². The molecule has 2 aromatic carbocycles. The number of hydrogen-bond acceptors (Lipinski definition) is 8. The number of anilines is 1. The molecule has 1 spiro atoms. The molecule has 284 valence electrons. The van der Waals surface area contributed by atoms with E-state index in [4.69, 9.17) is 30.5 Å². The number of halogens is 1. The van der Waals surface area contributed by atoms with Gasteiger partial charge in [-0.05, 0) is 120 Å². The minimum Gasteiger partial charge on any atom is -0.490 e. The monoisotopic (exact) mass is 754 g/mol. The van der Waals surface area contributed by atoms with Gasteiger partial charge in [-0.3, -0.25) is 4.79 Å². The number of amides is 1. The van der Waals surface area contributed by atoms with Gasteiger partial charge in [0.1, 0.15) is 11.4 Å². The lowest BCUT2D eigenvalue weighted by Gasteiger charge is -2.50.